The molecule has 1 saturated carbocycles. The lowest BCUT2D eigenvalue weighted by atomic mass is 9.87. The van der Waals surface area contributed by atoms with E-state index < -0.39 is 0 Å². The third kappa shape index (κ3) is 2.98. The van der Waals surface area contributed by atoms with Crippen LogP contribution in [0.1, 0.15) is 32.6 Å². The molecule has 0 amide bonds. The summed E-state index contributed by atoms with van der Waals surface area (Å²) in [5, 5.41) is 7.94. The highest BCUT2D eigenvalue weighted by molar-refractivity contribution is 5.51. The van der Waals surface area contributed by atoms with Gasteiger partial charge in [0.25, 0.3) is 0 Å². The first-order valence-corrected chi connectivity index (χ1v) is 7.18. The third-order valence-corrected chi connectivity index (χ3v) is 4.00. The van der Waals surface area contributed by atoms with Gasteiger partial charge in [-0.3, -0.25) is 0 Å². The highest BCUT2D eigenvalue weighted by Crippen LogP contribution is 2.26. The van der Waals surface area contributed by atoms with E-state index in [1.54, 1.807) is 0 Å². The van der Waals surface area contributed by atoms with Gasteiger partial charge in [0.05, 0.1) is 5.69 Å². The third-order valence-electron chi connectivity index (χ3n) is 4.00. The lowest BCUT2D eigenvalue weighted by Gasteiger charge is -2.27. The van der Waals surface area contributed by atoms with Crippen molar-refractivity contribution >= 4 is 5.69 Å². The highest BCUT2D eigenvalue weighted by atomic mass is 15.3. The van der Waals surface area contributed by atoms with Gasteiger partial charge < -0.3 is 5.32 Å². The average molecular weight is 255 g/mol. The second-order valence-electron chi connectivity index (χ2n) is 5.60. The van der Waals surface area contributed by atoms with E-state index in [0.717, 1.165) is 11.6 Å². The van der Waals surface area contributed by atoms with E-state index in [4.69, 9.17) is 0 Å². The van der Waals surface area contributed by atoms with Crippen molar-refractivity contribution in [3.05, 3.63) is 42.7 Å². The Bertz CT molecular complexity index is 511. The van der Waals surface area contributed by atoms with Crippen LogP contribution in [0.4, 0.5) is 5.69 Å². The van der Waals surface area contributed by atoms with E-state index in [1.807, 2.05) is 23.1 Å². The summed E-state index contributed by atoms with van der Waals surface area (Å²) in [6.07, 6.45) is 9.04. The Labute approximate surface area is 114 Å². The Morgan fingerprint density at radius 3 is 2.74 bits per heavy atom. The maximum atomic E-state index is 4.27. The minimum atomic E-state index is 0.629. The van der Waals surface area contributed by atoms with Crippen LogP contribution < -0.4 is 5.32 Å². The SMILES string of the molecule is CC1CCC(Nc2cccc(-n3cccn3)c2)CC1. The number of hydrogen-bond donors (Lipinski definition) is 1. The molecule has 3 nitrogen and oxygen atoms in total. The minimum absolute atomic E-state index is 0.629. The maximum absolute atomic E-state index is 4.27. The number of rotatable bonds is 3. The Kier molecular flexibility index (Phi) is 3.53. The summed E-state index contributed by atoms with van der Waals surface area (Å²) in [4.78, 5) is 0. The molecule has 1 aromatic carbocycles. The van der Waals surface area contributed by atoms with Crippen molar-refractivity contribution in [1.29, 1.82) is 0 Å². The van der Waals surface area contributed by atoms with E-state index >= 15 is 0 Å². The van der Waals surface area contributed by atoms with Crippen LogP contribution in [0.2, 0.25) is 0 Å². The number of aromatic nitrogens is 2. The van der Waals surface area contributed by atoms with E-state index in [0.29, 0.717) is 6.04 Å². The summed E-state index contributed by atoms with van der Waals surface area (Å²) in [7, 11) is 0. The summed E-state index contributed by atoms with van der Waals surface area (Å²) in [6, 6.07) is 11.1. The van der Waals surface area contributed by atoms with Gasteiger partial charge in [-0.2, -0.15) is 5.10 Å². The molecule has 100 valence electrons. The Balaban J connectivity index is 1.70. The van der Waals surface area contributed by atoms with Gasteiger partial charge in [-0.25, -0.2) is 4.68 Å². The predicted molar refractivity (Wildman–Crippen MR) is 78.6 cm³/mol. The molecule has 3 heteroatoms. The average Bonchev–Trinajstić information content (AvgIpc) is 2.96. The maximum Gasteiger partial charge on any atom is 0.0666 e. The van der Waals surface area contributed by atoms with E-state index in [9.17, 15) is 0 Å². The van der Waals surface area contributed by atoms with Crippen molar-refractivity contribution in [3.63, 3.8) is 0 Å². The number of hydrogen-bond acceptors (Lipinski definition) is 2. The van der Waals surface area contributed by atoms with Crippen molar-refractivity contribution in [3.8, 4) is 5.69 Å². The van der Waals surface area contributed by atoms with Crippen molar-refractivity contribution in [1.82, 2.24) is 9.78 Å². The summed E-state index contributed by atoms with van der Waals surface area (Å²) in [5.74, 6) is 0.897. The first-order valence-electron chi connectivity index (χ1n) is 7.18. The summed E-state index contributed by atoms with van der Waals surface area (Å²) in [5.41, 5.74) is 2.31. The Morgan fingerprint density at radius 1 is 1.16 bits per heavy atom. The molecule has 1 fully saturated rings. The Hall–Kier alpha value is -1.77. The van der Waals surface area contributed by atoms with E-state index in [1.165, 1.54) is 31.4 Å². The smallest absolute Gasteiger partial charge is 0.0666 e. The monoisotopic (exact) mass is 255 g/mol. The van der Waals surface area contributed by atoms with Crippen LogP contribution in [0.5, 0.6) is 0 Å². The zero-order chi connectivity index (χ0) is 13.1. The van der Waals surface area contributed by atoms with Crippen LogP contribution in [0.3, 0.4) is 0 Å². The molecule has 0 aliphatic heterocycles. The van der Waals surface area contributed by atoms with Crippen LogP contribution in [0.25, 0.3) is 5.69 Å². The first kappa shape index (κ1) is 12.3. The minimum Gasteiger partial charge on any atom is -0.382 e. The van der Waals surface area contributed by atoms with Gasteiger partial charge in [-0.1, -0.05) is 13.0 Å². The standard InChI is InChI=1S/C16H21N3/c1-13-6-8-14(9-7-13)18-15-4-2-5-16(12-15)19-11-3-10-17-19/h2-5,10-14,18H,6-9H2,1H3. The largest absolute Gasteiger partial charge is 0.382 e. The second kappa shape index (κ2) is 5.47. The van der Waals surface area contributed by atoms with Crippen molar-refractivity contribution in [2.24, 2.45) is 5.92 Å². The molecular formula is C16H21N3. The second-order valence-corrected chi connectivity index (χ2v) is 5.60. The van der Waals surface area contributed by atoms with E-state index in [2.05, 4.69) is 41.6 Å². The fourth-order valence-electron chi connectivity index (χ4n) is 2.80. The lowest BCUT2D eigenvalue weighted by molar-refractivity contribution is 0.361. The number of benzene rings is 1. The molecule has 1 aliphatic rings. The molecule has 1 aliphatic carbocycles. The lowest BCUT2D eigenvalue weighted by Crippen LogP contribution is -2.25. The van der Waals surface area contributed by atoms with Gasteiger partial charge in [0, 0.05) is 24.1 Å². The van der Waals surface area contributed by atoms with Crippen LogP contribution in [-0.4, -0.2) is 15.8 Å². The fourth-order valence-corrected chi connectivity index (χ4v) is 2.80. The molecule has 19 heavy (non-hydrogen) atoms. The number of nitrogens with zero attached hydrogens (tertiary/aromatic N) is 2. The van der Waals surface area contributed by atoms with Gasteiger partial charge in [-0.15, -0.1) is 0 Å². The van der Waals surface area contributed by atoms with Crippen LogP contribution in [-0.2, 0) is 0 Å². The van der Waals surface area contributed by atoms with E-state index in [-0.39, 0.29) is 0 Å². The Morgan fingerprint density at radius 2 is 2.00 bits per heavy atom. The normalized spacial score (nSPS) is 23.2. The summed E-state index contributed by atoms with van der Waals surface area (Å²) >= 11 is 0. The van der Waals surface area contributed by atoms with Gasteiger partial charge in [0.1, 0.15) is 0 Å². The molecule has 0 bridgehead atoms. The molecule has 1 heterocycles. The summed E-state index contributed by atoms with van der Waals surface area (Å²) < 4.78 is 1.90. The quantitative estimate of drug-likeness (QED) is 0.902. The molecule has 0 atom stereocenters. The van der Waals surface area contributed by atoms with Gasteiger partial charge in [0.2, 0.25) is 0 Å². The van der Waals surface area contributed by atoms with Crippen LogP contribution >= 0.6 is 0 Å². The molecular weight excluding hydrogens is 234 g/mol. The van der Waals surface area contributed by atoms with Crippen molar-refractivity contribution in [2.45, 2.75) is 38.6 Å². The molecule has 3 rings (SSSR count). The predicted octanol–water partition coefficient (Wildman–Crippen LogP) is 3.86. The zero-order valence-electron chi connectivity index (χ0n) is 11.4. The van der Waals surface area contributed by atoms with Crippen LogP contribution in [0.15, 0.2) is 42.7 Å². The first-order chi connectivity index (χ1) is 9.31. The van der Waals surface area contributed by atoms with Crippen LogP contribution in [0, 0.1) is 5.92 Å². The number of nitrogens with one attached hydrogen (secondary N) is 1. The molecule has 0 saturated heterocycles. The molecule has 2 aromatic rings. The fraction of sp³-hybridized carbons (Fsp3) is 0.438. The van der Waals surface area contributed by atoms with Crippen molar-refractivity contribution < 1.29 is 0 Å². The molecule has 0 spiro atoms. The molecule has 1 aromatic heterocycles. The zero-order valence-corrected chi connectivity index (χ0v) is 11.4. The molecule has 1 N–H and O–H groups in total. The van der Waals surface area contributed by atoms with Gasteiger partial charge in [0.15, 0.2) is 0 Å². The highest BCUT2D eigenvalue weighted by Gasteiger charge is 2.17. The summed E-state index contributed by atoms with van der Waals surface area (Å²) in [6.45, 7) is 2.36. The number of anilines is 1. The van der Waals surface area contributed by atoms with Gasteiger partial charge in [-0.05, 0) is 55.9 Å². The van der Waals surface area contributed by atoms with Crippen molar-refractivity contribution in [2.75, 3.05) is 5.32 Å². The molecule has 0 unspecified atom stereocenters. The topological polar surface area (TPSA) is 29.9 Å². The molecule has 0 radical (unpaired) electrons. The van der Waals surface area contributed by atoms with Gasteiger partial charge >= 0.3 is 0 Å².